The van der Waals surface area contributed by atoms with Crippen molar-refractivity contribution in [3.63, 3.8) is 0 Å². The van der Waals surface area contributed by atoms with Crippen LogP contribution in [0.5, 0.6) is 0 Å². The lowest BCUT2D eigenvalue weighted by Crippen LogP contribution is -2.22. The number of primary amides is 1. The molecule has 6 heteroatoms. The number of hydrogen-bond donors (Lipinski definition) is 3. The molecule has 0 unspecified atom stereocenters. The smallest absolute Gasteiger partial charge is 0.236 e. The molecule has 0 radical (unpaired) electrons. The molecule has 0 saturated carbocycles. The van der Waals surface area contributed by atoms with Crippen molar-refractivity contribution in [3.8, 4) is 0 Å². The Hall–Kier alpha value is -1.85. The molecule has 0 spiro atoms. The van der Waals surface area contributed by atoms with Crippen molar-refractivity contribution in [2.75, 3.05) is 23.7 Å². The number of nitrogens with one attached hydrogen (secondary N) is 2. The van der Waals surface area contributed by atoms with E-state index in [9.17, 15) is 4.79 Å². The molecule has 16 heavy (non-hydrogen) atoms. The Labute approximate surface area is 94.7 Å². The summed E-state index contributed by atoms with van der Waals surface area (Å²) in [5, 5.41) is 5.95. The highest BCUT2D eigenvalue weighted by atomic mass is 16.1. The number of carbonyl (C=O) groups excluding carboxylic acids is 1. The summed E-state index contributed by atoms with van der Waals surface area (Å²) in [7, 11) is 0. The van der Waals surface area contributed by atoms with E-state index in [-0.39, 0.29) is 6.54 Å². The van der Waals surface area contributed by atoms with Gasteiger partial charge in [0.05, 0.1) is 6.54 Å². The third-order valence-corrected chi connectivity index (χ3v) is 1.89. The first-order valence-corrected chi connectivity index (χ1v) is 5.29. The molecule has 1 amide bonds. The quantitative estimate of drug-likeness (QED) is 0.648. The average molecular weight is 223 g/mol. The molecule has 1 aromatic heterocycles. The maximum absolute atomic E-state index is 10.6. The van der Waals surface area contributed by atoms with E-state index in [1.165, 1.54) is 0 Å². The van der Waals surface area contributed by atoms with Crippen LogP contribution in [-0.2, 0) is 11.2 Å². The van der Waals surface area contributed by atoms with Crippen LogP contribution in [0, 0.1) is 0 Å². The van der Waals surface area contributed by atoms with E-state index in [0.717, 1.165) is 24.6 Å². The molecule has 0 aliphatic carbocycles. The molecule has 88 valence electrons. The maximum atomic E-state index is 10.6. The van der Waals surface area contributed by atoms with Crippen LogP contribution >= 0.6 is 0 Å². The third-order valence-electron chi connectivity index (χ3n) is 1.89. The van der Waals surface area contributed by atoms with E-state index >= 15 is 0 Å². The lowest BCUT2D eigenvalue weighted by molar-refractivity contribution is -0.116. The average Bonchev–Trinajstić information content (AvgIpc) is 2.26. The van der Waals surface area contributed by atoms with Gasteiger partial charge in [-0.05, 0) is 6.92 Å². The van der Waals surface area contributed by atoms with E-state index in [1.807, 2.05) is 13.8 Å². The predicted molar refractivity (Wildman–Crippen MR) is 63.3 cm³/mol. The van der Waals surface area contributed by atoms with Crippen LogP contribution in [0.4, 0.5) is 11.6 Å². The molecule has 0 aliphatic rings. The van der Waals surface area contributed by atoms with Crippen molar-refractivity contribution in [2.24, 2.45) is 5.73 Å². The topological polar surface area (TPSA) is 92.9 Å². The van der Waals surface area contributed by atoms with Gasteiger partial charge in [0.2, 0.25) is 5.91 Å². The van der Waals surface area contributed by atoms with Gasteiger partial charge in [-0.3, -0.25) is 4.79 Å². The Balaban J connectivity index is 2.81. The molecule has 0 fully saturated rings. The molecular formula is C10H17N5O. The van der Waals surface area contributed by atoms with Gasteiger partial charge in [0.1, 0.15) is 17.5 Å². The van der Waals surface area contributed by atoms with Gasteiger partial charge in [-0.1, -0.05) is 6.92 Å². The molecule has 0 saturated heterocycles. The number of hydrogen-bond acceptors (Lipinski definition) is 5. The summed E-state index contributed by atoms with van der Waals surface area (Å²) in [6.45, 7) is 4.83. The number of carbonyl (C=O) groups is 1. The van der Waals surface area contributed by atoms with Crippen molar-refractivity contribution < 1.29 is 4.79 Å². The van der Waals surface area contributed by atoms with E-state index in [1.54, 1.807) is 6.07 Å². The first-order valence-electron chi connectivity index (χ1n) is 5.29. The molecular weight excluding hydrogens is 206 g/mol. The van der Waals surface area contributed by atoms with Gasteiger partial charge in [0, 0.05) is 19.0 Å². The number of anilines is 2. The first-order chi connectivity index (χ1) is 7.65. The van der Waals surface area contributed by atoms with Crippen molar-refractivity contribution in [3.05, 3.63) is 11.9 Å². The van der Waals surface area contributed by atoms with E-state index in [4.69, 9.17) is 5.73 Å². The van der Waals surface area contributed by atoms with Crippen LogP contribution in [0.3, 0.4) is 0 Å². The van der Waals surface area contributed by atoms with Gasteiger partial charge >= 0.3 is 0 Å². The maximum Gasteiger partial charge on any atom is 0.236 e. The molecule has 0 atom stereocenters. The summed E-state index contributed by atoms with van der Waals surface area (Å²) in [5.41, 5.74) is 5.05. The Morgan fingerprint density at radius 2 is 1.94 bits per heavy atom. The molecule has 1 aromatic rings. The number of nitrogens with zero attached hydrogens (tertiary/aromatic N) is 2. The van der Waals surface area contributed by atoms with E-state index in [0.29, 0.717) is 5.82 Å². The SMILES string of the molecule is CCNc1cc(NCC(N)=O)nc(CC)n1. The van der Waals surface area contributed by atoms with Gasteiger partial charge in [0.15, 0.2) is 0 Å². The number of amides is 1. The van der Waals surface area contributed by atoms with Crippen molar-refractivity contribution >= 4 is 17.5 Å². The zero-order valence-corrected chi connectivity index (χ0v) is 9.58. The molecule has 0 aromatic carbocycles. The Kier molecular flexibility index (Phi) is 4.50. The fourth-order valence-corrected chi connectivity index (χ4v) is 1.20. The van der Waals surface area contributed by atoms with Gasteiger partial charge in [-0.15, -0.1) is 0 Å². The largest absolute Gasteiger partial charge is 0.370 e. The predicted octanol–water partition coefficient (Wildman–Crippen LogP) is 0.368. The van der Waals surface area contributed by atoms with Crippen molar-refractivity contribution in [1.82, 2.24) is 9.97 Å². The fourth-order valence-electron chi connectivity index (χ4n) is 1.20. The highest BCUT2D eigenvalue weighted by Crippen LogP contribution is 2.11. The number of nitrogens with two attached hydrogens (primary N) is 1. The number of aromatic nitrogens is 2. The first kappa shape index (κ1) is 12.2. The minimum absolute atomic E-state index is 0.0751. The standard InChI is InChI=1S/C10H17N5O/c1-3-8-14-9(12-4-2)5-10(15-8)13-6-7(11)16/h5H,3-4,6H2,1-2H3,(H2,11,16)(H2,12,13,14,15). The van der Waals surface area contributed by atoms with Crippen LogP contribution in [0.15, 0.2) is 6.07 Å². The van der Waals surface area contributed by atoms with Gasteiger partial charge in [0.25, 0.3) is 0 Å². The van der Waals surface area contributed by atoms with Crippen molar-refractivity contribution in [2.45, 2.75) is 20.3 Å². The van der Waals surface area contributed by atoms with Crippen LogP contribution in [0.25, 0.3) is 0 Å². The van der Waals surface area contributed by atoms with Crippen LogP contribution in [0.2, 0.25) is 0 Å². The Bertz CT molecular complexity index is 366. The second kappa shape index (κ2) is 5.89. The highest BCUT2D eigenvalue weighted by Gasteiger charge is 2.03. The Morgan fingerprint density at radius 1 is 1.31 bits per heavy atom. The van der Waals surface area contributed by atoms with Gasteiger partial charge in [-0.2, -0.15) is 0 Å². The van der Waals surface area contributed by atoms with E-state index < -0.39 is 5.91 Å². The van der Waals surface area contributed by atoms with Crippen LogP contribution in [-0.4, -0.2) is 29.0 Å². The molecule has 4 N–H and O–H groups in total. The molecule has 1 rings (SSSR count). The summed E-state index contributed by atoms with van der Waals surface area (Å²) >= 11 is 0. The molecule has 0 aliphatic heterocycles. The molecule has 0 bridgehead atoms. The number of rotatable bonds is 6. The Morgan fingerprint density at radius 3 is 2.44 bits per heavy atom. The second-order valence-corrected chi connectivity index (χ2v) is 3.26. The molecule has 1 heterocycles. The summed E-state index contributed by atoms with van der Waals surface area (Å²) in [6, 6.07) is 1.76. The minimum Gasteiger partial charge on any atom is -0.370 e. The summed E-state index contributed by atoms with van der Waals surface area (Å²) in [4.78, 5) is 19.2. The van der Waals surface area contributed by atoms with E-state index in [2.05, 4.69) is 20.6 Å². The van der Waals surface area contributed by atoms with Gasteiger partial charge in [-0.25, -0.2) is 9.97 Å². The zero-order valence-electron chi connectivity index (χ0n) is 9.58. The van der Waals surface area contributed by atoms with Crippen LogP contribution in [0.1, 0.15) is 19.7 Å². The normalized spacial score (nSPS) is 9.88. The summed E-state index contributed by atoms with van der Waals surface area (Å²) in [5.74, 6) is 1.68. The fraction of sp³-hybridized carbons (Fsp3) is 0.500. The second-order valence-electron chi connectivity index (χ2n) is 3.26. The lowest BCUT2D eigenvalue weighted by atomic mass is 10.4. The minimum atomic E-state index is -0.415. The van der Waals surface area contributed by atoms with Crippen molar-refractivity contribution in [1.29, 1.82) is 0 Å². The zero-order chi connectivity index (χ0) is 12.0. The third kappa shape index (κ3) is 3.72. The summed E-state index contributed by atoms with van der Waals surface area (Å²) in [6.07, 6.45) is 0.741. The lowest BCUT2D eigenvalue weighted by Gasteiger charge is -2.08. The monoisotopic (exact) mass is 223 g/mol. The highest BCUT2D eigenvalue weighted by molar-refractivity contribution is 5.78. The summed E-state index contributed by atoms with van der Waals surface area (Å²) < 4.78 is 0. The van der Waals surface area contributed by atoms with Crippen LogP contribution < -0.4 is 16.4 Å². The molecule has 6 nitrogen and oxygen atoms in total. The number of aryl methyl sites for hydroxylation is 1. The van der Waals surface area contributed by atoms with Gasteiger partial charge < -0.3 is 16.4 Å².